The summed E-state index contributed by atoms with van der Waals surface area (Å²) in [7, 11) is 0. The summed E-state index contributed by atoms with van der Waals surface area (Å²) in [6.45, 7) is 0. The first-order chi connectivity index (χ1) is 9.83. The van der Waals surface area contributed by atoms with E-state index in [1.165, 1.54) is 0 Å². The summed E-state index contributed by atoms with van der Waals surface area (Å²) in [6.07, 6.45) is 2.69. The number of halogens is 2. The van der Waals surface area contributed by atoms with Gasteiger partial charge in [0.2, 0.25) is 0 Å². The minimum absolute atomic E-state index is 0.0809. The van der Waals surface area contributed by atoms with E-state index in [0.717, 1.165) is 19.3 Å². The molecular weight excluding hydrogens is 310 g/mol. The zero-order valence-electron chi connectivity index (χ0n) is 11.0. The van der Waals surface area contributed by atoms with E-state index in [1.54, 1.807) is 0 Å². The Morgan fingerprint density at radius 3 is 2.43 bits per heavy atom. The van der Waals surface area contributed by atoms with Gasteiger partial charge in [0.15, 0.2) is 0 Å². The zero-order valence-corrected chi connectivity index (χ0v) is 11.8. The summed E-state index contributed by atoms with van der Waals surface area (Å²) in [6, 6.07) is 0. The van der Waals surface area contributed by atoms with Crippen LogP contribution in [-0.2, 0) is 18.9 Å². The van der Waals surface area contributed by atoms with Crippen LogP contribution in [0.15, 0.2) is 0 Å². The van der Waals surface area contributed by atoms with Gasteiger partial charge in [0.1, 0.15) is 18.1 Å². The third kappa shape index (κ3) is 2.89. The Morgan fingerprint density at radius 1 is 1.29 bits per heavy atom. The Bertz CT molecular complexity index is 418. The van der Waals surface area contributed by atoms with Gasteiger partial charge >= 0.3 is 11.2 Å². The average molecular weight is 325 g/mol. The van der Waals surface area contributed by atoms with Crippen LogP contribution in [0.4, 0.5) is 8.78 Å². The highest BCUT2D eigenvalue weighted by Crippen LogP contribution is 2.56. The van der Waals surface area contributed by atoms with Gasteiger partial charge in [-0.05, 0) is 49.9 Å². The van der Waals surface area contributed by atoms with Crippen molar-refractivity contribution in [1.29, 1.82) is 0 Å². The predicted octanol–water partition coefficient (Wildman–Crippen LogP) is 0.934. The molecule has 4 aliphatic carbocycles. The van der Waals surface area contributed by atoms with Crippen molar-refractivity contribution in [2.75, 3.05) is 0 Å². The number of alkyl halides is 2. The molecule has 0 heterocycles. The van der Waals surface area contributed by atoms with Crippen LogP contribution in [0, 0.1) is 17.8 Å². The number of carbonyl (C=O) groups is 1. The molecule has 4 bridgehead atoms. The van der Waals surface area contributed by atoms with Gasteiger partial charge in [-0.25, -0.2) is 4.79 Å². The van der Waals surface area contributed by atoms with Crippen LogP contribution >= 0.6 is 12.0 Å². The lowest BCUT2D eigenvalue weighted by Gasteiger charge is -2.57. The Balaban J connectivity index is 1.65. The number of ether oxygens (including phenoxy) is 1. The molecular formula is C12H15F2O6S-. The molecule has 6 nitrogen and oxygen atoms in total. The molecule has 4 fully saturated rings. The molecule has 4 rings (SSSR count). The number of hydrogen-bond acceptors (Lipinski definition) is 7. The van der Waals surface area contributed by atoms with Crippen molar-refractivity contribution >= 4 is 18.0 Å². The molecule has 120 valence electrons. The van der Waals surface area contributed by atoms with Crippen molar-refractivity contribution in [2.24, 2.45) is 17.8 Å². The fourth-order valence-corrected chi connectivity index (χ4v) is 4.64. The van der Waals surface area contributed by atoms with Crippen LogP contribution in [0.5, 0.6) is 0 Å². The molecule has 0 aromatic carbocycles. The minimum atomic E-state index is -4.00. The van der Waals surface area contributed by atoms with Crippen LogP contribution in [0.1, 0.15) is 32.1 Å². The highest BCUT2D eigenvalue weighted by Gasteiger charge is 2.57. The molecule has 0 aliphatic heterocycles. The molecule has 0 radical (unpaired) electrons. The maximum atomic E-state index is 13.4. The molecule has 2 atom stereocenters. The lowest BCUT2D eigenvalue weighted by Crippen LogP contribution is -2.58. The predicted molar refractivity (Wildman–Crippen MR) is 63.1 cm³/mol. The van der Waals surface area contributed by atoms with Crippen molar-refractivity contribution in [2.45, 2.75) is 49.1 Å². The summed E-state index contributed by atoms with van der Waals surface area (Å²) in [5.74, 6) is -1.52. The van der Waals surface area contributed by atoms with Gasteiger partial charge < -0.3 is 15.1 Å². The minimum Gasteiger partial charge on any atom is -0.691 e. The monoisotopic (exact) mass is 325 g/mol. The zero-order chi connectivity index (χ0) is 15.3. The van der Waals surface area contributed by atoms with Gasteiger partial charge in [0, 0.05) is 0 Å². The standard InChI is InChI=1S/C12H16F2O6S/c13-12(14,21-20-19-17)10(15)18-9-7-1-6-2-8(9)5-11(16,3-6)4-7/h6-9,16-17H,1-5H2/p-1. The molecule has 0 aromatic rings. The quantitative estimate of drug-likeness (QED) is 0.348. The van der Waals surface area contributed by atoms with Gasteiger partial charge in [-0.1, -0.05) is 0 Å². The van der Waals surface area contributed by atoms with Crippen LogP contribution < -0.4 is 5.26 Å². The second-order valence-electron chi connectivity index (χ2n) is 6.30. The summed E-state index contributed by atoms with van der Waals surface area (Å²) in [4.78, 5) is 11.5. The lowest BCUT2D eigenvalue weighted by molar-refractivity contribution is -0.777. The maximum Gasteiger partial charge on any atom is 0.415 e. The molecule has 4 aliphatic rings. The van der Waals surface area contributed by atoms with Crippen molar-refractivity contribution < 1.29 is 38.0 Å². The third-order valence-electron chi connectivity index (χ3n) is 4.80. The molecule has 21 heavy (non-hydrogen) atoms. The number of aliphatic hydroxyl groups is 1. The smallest absolute Gasteiger partial charge is 0.415 e. The molecule has 9 heteroatoms. The highest BCUT2D eigenvalue weighted by atomic mass is 32.2. The van der Waals surface area contributed by atoms with Crippen LogP contribution in [0.2, 0.25) is 0 Å². The van der Waals surface area contributed by atoms with E-state index in [9.17, 15) is 23.9 Å². The molecule has 0 spiro atoms. The first-order valence-corrected chi connectivity index (χ1v) is 7.53. The largest absolute Gasteiger partial charge is 0.691 e. The topological polar surface area (TPSA) is 88.1 Å². The Kier molecular flexibility index (Phi) is 3.90. The van der Waals surface area contributed by atoms with Gasteiger partial charge in [0.25, 0.3) is 0 Å². The fraction of sp³-hybridized carbons (Fsp3) is 0.917. The molecule has 4 saturated carbocycles. The SMILES string of the molecule is O=C(OC1C2CC3CC1CC(O)(C3)C2)C(F)(F)SOO[O-]. The summed E-state index contributed by atoms with van der Waals surface area (Å²) >= 11 is -0.680. The van der Waals surface area contributed by atoms with Crippen LogP contribution in [-0.4, -0.2) is 28.0 Å². The first-order valence-electron chi connectivity index (χ1n) is 6.78. The summed E-state index contributed by atoms with van der Waals surface area (Å²) < 4.78 is 35.3. The molecule has 0 saturated heterocycles. The van der Waals surface area contributed by atoms with Crippen molar-refractivity contribution in [1.82, 2.24) is 0 Å². The summed E-state index contributed by atoms with van der Waals surface area (Å²) in [5, 5.41) is 18.7. The number of esters is 1. The Morgan fingerprint density at radius 2 is 1.90 bits per heavy atom. The molecule has 2 unspecified atom stereocenters. The molecule has 0 amide bonds. The number of rotatable bonds is 5. The van der Waals surface area contributed by atoms with Crippen molar-refractivity contribution in [3.05, 3.63) is 0 Å². The van der Waals surface area contributed by atoms with E-state index >= 15 is 0 Å². The first kappa shape index (κ1) is 15.4. The van der Waals surface area contributed by atoms with Gasteiger partial charge in [0.05, 0.1) is 5.60 Å². The third-order valence-corrected chi connectivity index (χ3v) is 5.30. The Labute approximate surface area is 123 Å². The van der Waals surface area contributed by atoms with E-state index in [4.69, 9.17) is 4.74 Å². The Hall–Kier alpha value is -0.480. The van der Waals surface area contributed by atoms with Crippen molar-refractivity contribution in [3.8, 4) is 0 Å². The fourth-order valence-electron chi connectivity index (χ4n) is 4.41. The number of hydrogen-bond donors (Lipinski definition) is 1. The van der Waals surface area contributed by atoms with Crippen molar-refractivity contribution in [3.63, 3.8) is 0 Å². The van der Waals surface area contributed by atoms with Gasteiger partial charge in [-0.3, -0.25) is 5.04 Å². The summed E-state index contributed by atoms with van der Waals surface area (Å²) in [5.41, 5.74) is -0.726. The van der Waals surface area contributed by atoms with Crippen LogP contribution in [0.3, 0.4) is 0 Å². The lowest BCUT2D eigenvalue weighted by atomic mass is 9.53. The van der Waals surface area contributed by atoms with Gasteiger partial charge in [-0.2, -0.15) is 13.1 Å². The van der Waals surface area contributed by atoms with E-state index in [-0.39, 0.29) is 11.8 Å². The van der Waals surface area contributed by atoms with E-state index in [1.807, 2.05) is 0 Å². The van der Waals surface area contributed by atoms with Crippen LogP contribution in [0.25, 0.3) is 0 Å². The number of carbonyl (C=O) groups excluding carboxylic acids is 1. The maximum absolute atomic E-state index is 13.4. The van der Waals surface area contributed by atoms with E-state index in [0.29, 0.717) is 18.8 Å². The molecule has 0 aromatic heterocycles. The van der Waals surface area contributed by atoms with E-state index in [2.05, 4.69) is 9.37 Å². The highest BCUT2D eigenvalue weighted by molar-refractivity contribution is 7.96. The second-order valence-corrected chi connectivity index (χ2v) is 7.12. The normalized spacial score (nSPS) is 41.3. The van der Waals surface area contributed by atoms with E-state index < -0.39 is 35.0 Å². The second kappa shape index (κ2) is 5.31. The molecule has 1 N–H and O–H groups in total. The average Bonchev–Trinajstić information content (AvgIpc) is 2.38. The van der Waals surface area contributed by atoms with Gasteiger partial charge in [-0.15, -0.1) is 0 Å².